The zero-order chi connectivity index (χ0) is 19.1. The second kappa shape index (κ2) is 7.32. The third kappa shape index (κ3) is 3.14. The molecule has 0 spiro atoms. The Bertz CT molecular complexity index is 1290. The highest BCUT2D eigenvalue weighted by Gasteiger charge is 2.15. The zero-order valence-electron chi connectivity index (χ0n) is 14.8. The summed E-state index contributed by atoms with van der Waals surface area (Å²) in [7, 11) is 0. The Morgan fingerprint density at radius 2 is 1.50 bits per heavy atom. The molecule has 0 unspecified atom stereocenters. The molecular weight excluding hydrogens is 450 g/mol. The predicted molar refractivity (Wildman–Crippen MR) is 124 cm³/mol. The van der Waals surface area contributed by atoms with Gasteiger partial charge in [-0.3, -0.25) is 0 Å². The van der Waals surface area contributed by atoms with Crippen LogP contribution in [0, 0.1) is 0 Å². The van der Waals surface area contributed by atoms with Gasteiger partial charge in [0.15, 0.2) is 0 Å². The molecule has 0 aliphatic heterocycles. The van der Waals surface area contributed by atoms with Crippen LogP contribution in [-0.2, 0) is 0 Å². The molecule has 28 heavy (non-hydrogen) atoms. The first kappa shape index (κ1) is 17.9. The lowest BCUT2D eigenvalue weighted by molar-refractivity contribution is 1.18. The number of nitrogens with zero attached hydrogens (tertiary/aromatic N) is 1. The fraction of sp³-hybridized carbons (Fsp3) is 0. The van der Waals surface area contributed by atoms with Gasteiger partial charge in [0, 0.05) is 35.7 Å². The molecule has 4 aromatic carbocycles. The fourth-order valence-electron chi connectivity index (χ4n) is 3.64. The number of benzene rings is 4. The van der Waals surface area contributed by atoms with Crippen LogP contribution in [0.15, 0.2) is 105 Å². The highest BCUT2D eigenvalue weighted by molar-refractivity contribution is 9.10. The van der Waals surface area contributed by atoms with Crippen molar-refractivity contribution in [1.29, 1.82) is 0 Å². The molecule has 0 aliphatic rings. The van der Waals surface area contributed by atoms with E-state index in [4.69, 9.17) is 11.6 Å². The summed E-state index contributed by atoms with van der Waals surface area (Å²) in [5.41, 5.74) is 3.59. The van der Waals surface area contributed by atoms with Crippen molar-refractivity contribution < 1.29 is 0 Å². The molecule has 0 radical (unpaired) electrons. The summed E-state index contributed by atoms with van der Waals surface area (Å²) in [4.78, 5) is 2.33. The Kier molecular flexibility index (Phi) is 4.67. The summed E-state index contributed by atoms with van der Waals surface area (Å²) in [6.45, 7) is 0. The molecule has 1 heterocycles. The smallest absolute Gasteiger partial charge is 0.0552 e. The first-order chi connectivity index (χ1) is 13.7. The number of rotatable bonds is 3. The van der Waals surface area contributed by atoms with Gasteiger partial charge in [-0.15, -0.1) is 0 Å². The van der Waals surface area contributed by atoms with Crippen LogP contribution in [0.3, 0.4) is 0 Å². The molecule has 0 atom stereocenters. The summed E-state index contributed by atoms with van der Waals surface area (Å²) in [5.74, 6) is 0. The molecule has 0 bridgehead atoms. The minimum atomic E-state index is 0.732. The van der Waals surface area contributed by atoms with Crippen molar-refractivity contribution in [3.8, 4) is 5.69 Å². The second-order valence-electron chi connectivity index (χ2n) is 6.55. The number of hydrogen-bond acceptors (Lipinski definition) is 1. The van der Waals surface area contributed by atoms with E-state index in [0.717, 1.165) is 14.4 Å². The van der Waals surface area contributed by atoms with Crippen LogP contribution in [0.2, 0.25) is 5.02 Å². The van der Waals surface area contributed by atoms with Crippen molar-refractivity contribution in [2.24, 2.45) is 0 Å². The number of halogens is 2. The predicted octanol–water partition coefficient (Wildman–Crippen LogP) is 8.35. The van der Waals surface area contributed by atoms with E-state index >= 15 is 0 Å². The Hall–Kier alpha value is -2.20. The molecule has 0 N–H and O–H groups in total. The van der Waals surface area contributed by atoms with Crippen LogP contribution >= 0.6 is 39.3 Å². The van der Waals surface area contributed by atoms with Crippen molar-refractivity contribution in [2.45, 2.75) is 9.79 Å². The van der Waals surface area contributed by atoms with Crippen LogP contribution in [0.4, 0.5) is 0 Å². The van der Waals surface area contributed by atoms with Crippen LogP contribution in [0.25, 0.3) is 27.5 Å². The van der Waals surface area contributed by atoms with Crippen LogP contribution in [0.1, 0.15) is 0 Å². The first-order valence-electron chi connectivity index (χ1n) is 8.92. The van der Waals surface area contributed by atoms with Gasteiger partial charge in [0.25, 0.3) is 0 Å². The summed E-state index contributed by atoms with van der Waals surface area (Å²) >= 11 is 11.6. The van der Waals surface area contributed by atoms with Crippen molar-refractivity contribution in [1.82, 2.24) is 4.57 Å². The SMILES string of the molecule is Clc1cc(Br)cc(Sc2cccc3c2c2ccccc2n3-c2ccccc2)c1. The van der Waals surface area contributed by atoms with Gasteiger partial charge < -0.3 is 4.57 Å². The number of fused-ring (bicyclic) bond motifs is 3. The highest BCUT2D eigenvalue weighted by Crippen LogP contribution is 2.41. The van der Waals surface area contributed by atoms with Crippen molar-refractivity contribution in [3.05, 3.63) is 100 Å². The Morgan fingerprint density at radius 1 is 0.750 bits per heavy atom. The summed E-state index contributed by atoms with van der Waals surface area (Å²) in [5, 5.41) is 3.25. The van der Waals surface area contributed by atoms with Gasteiger partial charge in [-0.2, -0.15) is 0 Å². The third-order valence-electron chi connectivity index (χ3n) is 4.74. The lowest BCUT2D eigenvalue weighted by atomic mass is 10.1. The fourth-order valence-corrected chi connectivity index (χ4v) is 5.81. The van der Waals surface area contributed by atoms with Gasteiger partial charge in [0.05, 0.1) is 11.0 Å². The van der Waals surface area contributed by atoms with Crippen LogP contribution in [-0.4, -0.2) is 4.57 Å². The maximum atomic E-state index is 6.27. The van der Waals surface area contributed by atoms with Crippen LogP contribution in [0.5, 0.6) is 0 Å². The molecule has 0 aliphatic carbocycles. The molecule has 5 aromatic rings. The average molecular weight is 465 g/mol. The number of aromatic nitrogens is 1. The first-order valence-corrected chi connectivity index (χ1v) is 10.9. The van der Waals surface area contributed by atoms with Crippen LogP contribution < -0.4 is 0 Å². The molecule has 1 aromatic heterocycles. The summed E-state index contributed by atoms with van der Waals surface area (Å²) in [6, 6.07) is 31.6. The maximum absolute atomic E-state index is 6.27. The minimum Gasteiger partial charge on any atom is -0.309 e. The van der Waals surface area contributed by atoms with Crippen molar-refractivity contribution in [2.75, 3.05) is 0 Å². The molecule has 0 saturated heterocycles. The lowest BCUT2D eigenvalue weighted by Gasteiger charge is -2.08. The molecule has 0 amide bonds. The summed E-state index contributed by atoms with van der Waals surface area (Å²) in [6.07, 6.45) is 0. The maximum Gasteiger partial charge on any atom is 0.0552 e. The zero-order valence-corrected chi connectivity index (χ0v) is 17.9. The molecular formula is C24H15BrClNS. The Labute approximate surface area is 181 Å². The van der Waals surface area contributed by atoms with Gasteiger partial charge in [-0.05, 0) is 48.5 Å². The monoisotopic (exact) mass is 463 g/mol. The van der Waals surface area contributed by atoms with E-state index in [2.05, 4.69) is 99.4 Å². The second-order valence-corrected chi connectivity index (χ2v) is 9.01. The van der Waals surface area contributed by atoms with Gasteiger partial charge in [-0.25, -0.2) is 0 Å². The topological polar surface area (TPSA) is 4.93 Å². The third-order valence-corrected chi connectivity index (χ3v) is 6.45. The molecule has 136 valence electrons. The van der Waals surface area contributed by atoms with Gasteiger partial charge in [-0.1, -0.05) is 81.8 Å². The number of para-hydroxylation sites is 2. The molecule has 1 nitrogen and oxygen atoms in total. The van der Waals surface area contributed by atoms with E-state index in [1.165, 1.54) is 32.4 Å². The molecule has 5 rings (SSSR count). The quantitative estimate of drug-likeness (QED) is 0.260. The Balaban J connectivity index is 1.79. The van der Waals surface area contributed by atoms with E-state index in [9.17, 15) is 0 Å². The minimum absolute atomic E-state index is 0.732. The Morgan fingerprint density at radius 3 is 2.32 bits per heavy atom. The highest BCUT2D eigenvalue weighted by atomic mass is 79.9. The number of hydrogen-bond donors (Lipinski definition) is 0. The summed E-state index contributed by atoms with van der Waals surface area (Å²) < 4.78 is 3.32. The van der Waals surface area contributed by atoms with Crippen molar-refractivity contribution >= 4 is 61.1 Å². The molecule has 4 heteroatoms. The van der Waals surface area contributed by atoms with Gasteiger partial charge >= 0.3 is 0 Å². The standard InChI is InChI=1S/C24H15BrClNS/c25-16-13-17(26)15-19(14-16)28-23-12-6-11-22-24(23)20-9-4-5-10-21(20)27(22)18-7-2-1-3-8-18/h1-15H. The van der Waals surface area contributed by atoms with Gasteiger partial charge in [0.2, 0.25) is 0 Å². The van der Waals surface area contributed by atoms with E-state index in [1.807, 2.05) is 12.1 Å². The van der Waals surface area contributed by atoms with Gasteiger partial charge in [0.1, 0.15) is 0 Å². The molecule has 0 fully saturated rings. The molecule has 0 saturated carbocycles. The van der Waals surface area contributed by atoms with E-state index in [0.29, 0.717) is 0 Å². The largest absolute Gasteiger partial charge is 0.309 e. The lowest BCUT2D eigenvalue weighted by Crippen LogP contribution is -1.92. The van der Waals surface area contributed by atoms with E-state index in [-0.39, 0.29) is 0 Å². The normalized spacial score (nSPS) is 11.4. The van der Waals surface area contributed by atoms with E-state index in [1.54, 1.807) is 11.8 Å². The van der Waals surface area contributed by atoms with E-state index < -0.39 is 0 Å². The average Bonchev–Trinajstić information content (AvgIpc) is 3.03. The van der Waals surface area contributed by atoms with Crippen molar-refractivity contribution in [3.63, 3.8) is 0 Å².